The number of hydrogen-bond acceptors (Lipinski definition) is 4. The van der Waals surface area contributed by atoms with E-state index in [-0.39, 0.29) is 18.2 Å². The van der Waals surface area contributed by atoms with Gasteiger partial charge in [0.05, 0.1) is 18.6 Å². The topological polar surface area (TPSA) is 75.7 Å². The second-order valence-electron chi connectivity index (χ2n) is 5.56. The summed E-state index contributed by atoms with van der Waals surface area (Å²) in [5.74, 6) is -1.06. The highest BCUT2D eigenvalue weighted by molar-refractivity contribution is 9.10. The minimum atomic E-state index is -0.840. The van der Waals surface area contributed by atoms with Crippen molar-refractivity contribution in [1.29, 1.82) is 0 Å². The minimum absolute atomic E-state index is 0.133. The first-order chi connectivity index (χ1) is 11.5. The van der Waals surface area contributed by atoms with Gasteiger partial charge in [-0.05, 0) is 34.5 Å². The largest absolute Gasteiger partial charge is 0.466 e. The fourth-order valence-electron chi connectivity index (χ4n) is 2.50. The highest BCUT2D eigenvalue weighted by Crippen LogP contribution is 2.21. The maximum Gasteiger partial charge on any atom is 0.308 e. The molecule has 1 aliphatic heterocycles. The average molecular weight is 397 g/mol. The van der Waals surface area contributed by atoms with Gasteiger partial charge in [0, 0.05) is 17.6 Å². The van der Waals surface area contributed by atoms with Gasteiger partial charge in [-0.3, -0.25) is 14.4 Å². The Morgan fingerprint density at radius 3 is 2.83 bits per heavy atom. The van der Waals surface area contributed by atoms with E-state index in [4.69, 9.17) is 4.74 Å². The second kappa shape index (κ2) is 8.82. The Labute approximate surface area is 149 Å². The number of rotatable bonds is 6. The molecular weight excluding hydrogens is 376 g/mol. The molecule has 1 fully saturated rings. The Bertz CT molecular complexity index is 620. The zero-order valence-corrected chi connectivity index (χ0v) is 15.2. The average Bonchev–Trinajstić information content (AvgIpc) is 2.57. The Hall–Kier alpha value is -1.89. The fraction of sp³-hybridized carbons (Fsp3) is 0.471. The lowest BCUT2D eigenvalue weighted by Gasteiger charge is -2.34. The van der Waals surface area contributed by atoms with Crippen molar-refractivity contribution in [2.75, 3.05) is 19.7 Å². The zero-order valence-electron chi connectivity index (χ0n) is 13.6. The summed E-state index contributed by atoms with van der Waals surface area (Å²) in [5.41, 5.74) is 0.469. The standard InChI is InChI=1S/C17H21BrN2O4/c1-2-3-10-24-15(21)11-14-16(22)19-8-9-20(14)17(23)12-6-4-5-7-13(12)18/h4-7,14H,2-3,8-11H2,1H3,(H,19,22)/t14-/m1/s1. The monoisotopic (exact) mass is 396 g/mol. The van der Waals surface area contributed by atoms with Crippen LogP contribution in [0, 0.1) is 0 Å². The number of carbonyl (C=O) groups excluding carboxylic acids is 3. The summed E-state index contributed by atoms with van der Waals surface area (Å²) >= 11 is 3.35. The molecule has 1 heterocycles. The molecule has 130 valence electrons. The van der Waals surface area contributed by atoms with E-state index < -0.39 is 12.0 Å². The van der Waals surface area contributed by atoms with Crippen LogP contribution in [0.5, 0.6) is 0 Å². The number of amides is 2. The van der Waals surface area contributed by atoms with Gasteiger partial charge in [0.2, 0.25) is 5.91 Å². The molecular formula is C17H21BrN2O4. The molecule has 6 nitrogen and oxygen atoms in total. The van der Waals surface area contributed by atoms with E-state index in [9.17, 15) is 14.4 Å². The summed E-state index contributed by atoms with van der Waals surface area (Å²) in [5, 5.41) is 2.70. The third kappa shape index (κ3) is 4.56. The van der Waals surface area contributed by atoms with Crippen molar-refractivity contribution >= 4 is 33.7 Å². The Morgan fingerprint density at radius 1 is 1.38 bits per heavy atom. The van der Waals surface area contributed by atoms with Crippen LogP contribution in [0.4, 0.5) is 0 Å². The molecule has 1 saturated heterocycles. The molecule has 1 aromatic carbocycles. The number of halogens is 1. The fourth-order valence-corrected chi connectivity index (χ4v) is 2.95. The van der Waals surface area contributed by atoms with E-state index in [1.165, 1.54) is 4.90 Å². The van der Waals surface area contributed by atoms with Crippen molar-refractivity contribution < 1.29 is 19.1 Å². The van der Waals surface area contributed by atoms with Crippen molar-refractivity contribution in [1.82, 2.24) is 10.2 Å². The van der Waals surface area contributed by atoms with Crippen LogP contribution in [-0.2, 0) is 14.3 Å². The van der Waals surface area contributed by atoms with Crippen molar-refractivity contribution in [3.05, 3.63) is 34.3 Å². The number of nitrogens with one attached hydrogen (secondary N) is 1. The maximum atomic E-state index is 12.8. The lowest BCUT2D eigenvalue weighted by atomic mass is 10.1. The molecule has 2 amide bonds. The number of piperazine rings is 1. The number of nitrogens with zero attached hydrogens (tertiary/aromatic N) is 1. The molecule has 1 N–H and O–H groups in total. The normalized spacial score (nSPS) is 17.3. The van der Waals surface area contributed by atoms with Crippen LogP contribution in [0.1, 0.15) is 36.5 Å². The summed E-state index contributed by atoms with van der Waals surface area (Å²) in [7, 11) is 0. The predicted molar refractivity (Wildman–Crippen MR) is 92.5 cm³/mol. The first-order valence-electron chi connectivity index (χ1n) is 8.03. The van der Waals surface area contributed by atoms with E-state index in [2.05, 4.69) is 21.2 Å². The molecule has 0 unspecified atom stereocenters. The Kier molecular flexibility index (Phi) is 6.78. The third-order valence-corrected chi connectivity index (χ3v) is 4.51. The number of hydrogen-bond donors (Lipinski definition) is 1. The van der Waals surface area contributed by atoms with Gasteiger partial charge in [0.15, 0.2) is 0 Å². The number of unbranched alkanes of at least 4 members (excludes halogenated alkanes) is 1. The van der Waals surface area contributed by atoms with E-state index in [0.717, 1.165) is 12.8 Å². The first kappa shape index (κ1) is 18.4. The molecule has 0 saturated carbocycles. The van der Waals surface area contributed by atoms with E-state index >= 15 is 0 Å². The van der Waals surface area contributed by atoms with E-state index in [1.807, 2.05) is 13.0 Å². The van der Waals surface area contributed by atoms with Gasteiger partial charge in [-0.1, -0.05) is 25.5 Å². The molecule has 0 aliphatic carbocycles. The van der Waals surface area contributed by atoms with E-state index in [1.54, 1.807) is 18.2 Å². The molecule has 0 bridgehead atoms. The minimum Gasteiger partial charge on any atom is -0.466 e. The van der Waals surface area contributed by atoms with Gasteiger partial charge in [-0.15, -0.1) is 0 Å². The summed E-state index contributed by atoms with van der Waals surface area (Å²) in [6, 6.07) is 6.19. The lowest BCUT2D eigenvalue weighted by molar-refractivity contribution is -0.147. The molecule has 1 aromatic rings. The Balaban J connectivity index is 2.11. The van der Waals surface area contributed by atoms with Crippen LogP contribution in [-0.4, -0.2) is 48.4 Å². The molecule has 0 radical (unpaired) electrons. The number of ether oxygens (including phenoxy) is 1. The summed E-state index contributed by atoms with van der Waals surface area (Å²) < 4.78 is 5.78. The van der Waals surface area contributed by atoms with Crippen molar-refractivity contribution in [3.63, 3.8) is 0 Å². The van der Waals surface area contributed by atoms with Gasteiger partial charge in [-0.2, -0.15) is 0 Å². The molecule has 24 heavy (non-hydrogen) atoms. The van der Waals surface area contributed by atoms with Crippen LogP contribution < -0.4 is 5.32 Å². The van der Waals surface area contributed by atoms with Gasteiger partial charge in [0.1, 0.15) is 6.04 Å². The third-order valence-electron chi connectivity index (χ3n) is 3.82. The zero-order chi connectivity index (χ0) is 17.5. The SMILES string of the molecule is CCCCOC(=O)C[C@@H]1C(=O)NCCN1C(=O)c1ccccc1Br. The molecule has 1 aliphatic rings. The molecule has 0 spiro atoms. The summed E-state index contributed by atoms with van der Waals surface area (Å²) in [6.07, 6.45) is 1.57. The van der Waals surface area contributed by atoms with Crippen LogP contribution in [0.25, 0.3) is 0 Å². The smallest absolute Gasteiger partial charge is 0.308 e. The van der Waals surface area contributed by atoms with Crippen LogP contribution in [0.2, 0.25) is 0 Å². The van der Waals surface area contributed by atoms with E-state index in [0.29, 0.717) is 29.7 Å². The summed E-state index contributed by atoms with van der Waals surface area (Å²) in [4.78, 5) is 38.3. The van der Waals surface area contributed by atoms with Gasteiger partial charge in [-0.25, -0.2) is 0 Å². The van der Waals surface area contributed by atoms with Crippen LogP contribution >= 0.6 is 15.9 Å². The molecule has 1 atom stereocenters. The first-order valence-corrected chi connectivity index (χ1v) is 8.82. The van der Waals surface area contributed by atoms with Crippen LogP contribution in [0.3, 0.4) is 0 Å². The molecule has 7 heteroatoms. The van der Waals surface area contributed by atoms with Crippen molar-refractivity contribution in [2.24, 2.45) is 0 Å². The maximum absolute atomic E-state index is 12.8. The van der Waals surface area contributed by atoms with Gasteiger partial charge >= 0.3 is 5.97 Å². The molecule has 0 aromatic heterocycles. The highest BCUT2D eigenvalue weighted by atomic mass is 79.9. The van der Waals surface area contributed by atoms with Gasteiger partial charge in [0.25, 0.3) is 5.91 Å². The quantitative estimate of drug-likeness (QED) is 0.590. The lowest BCUT2D eigenvalue weighted by Crippen LogP contribution is -2.57. The number of carbonyl (C=O) groups is 3. The van der Waals surface area contributed by atoms with Gasteiger partial charge < -0.3 is 15.0 Å². The van der Waals surface area contributed by atoms with Crippen LogP contribution in [0.15, 0.2) is 28.7 Å². The van der Waals surface area contributed by atoms with Crippen molar-refractivity contribution in [3.8, 4) is 0 Å². The summed E-state index contributed by atoms with van der Waals surface area (Å²) in [6.45, 7) is 3.07. The number of esters is 1. The Morgan fingerprint density at radius 2 is 2.12 bits per heavy atom. The predicted octanol–water partition coefficient (Wildman–Crippen LogP) is 2.12. The molecule has 2 rings (SSSR count). The van der Waals surface area contributed by atoms with Crippen molar-refractivity contribution in [2.45, 2.75) is 32.2 Å². The highest BCUT2D eigenvalue weighted by Gasteiger charge is 2.36. The second-order valence-corrected chi connectivity index (χ2v) is 6.42. The number of benzene rings is 1.